The zero-order chi connectivity index (χ0) is 13.9. The number of pyridine rings is 1. The minimum atomic E-state index is -4.09. The van der Waals surface area contributed by atoms with Gasteiger partial charge in [0.25, 0.3) is 0 Å². The largest absolute Gasteiger partial charge is 0.439 e. The van der Waals surface area contributed by atoms with Crippen LogP contribution in [0.5, 0.6) is 11.6 Å². The third-order valence-corrected chi connectivity index (χ3v) is 3.21. The number of hydrogen-bond donors (Lipinski definition) is 2. The van der Waals surface area contributed by atoms with Crippen LogP contribution in [0.4, 0.5) is 0 Å². The SMILES string of the molecule is O=P(O)(O)Cc1cccc(Oc2ccc(Cl)cn2)c1. The Morgan fingerprint density at radius 3 is 2.68 bits per heavy atom. The van der Waals surface area contributed by atoms with Gasteiger partial charge in [-0.2, -0.15) is 0 Å². The van der Waals surface area contributed by atoms with E-state index in [-0.39, 0.29) is 6.16 Å². The molecule has 0 atom stereocenters. The highest BCUT2D eigenvalue weighted by molar-refractivity contribution is 7.50. The number of rotatable bonds is 4. The van der Waals surface area contributed by atoms with Crippen molar-refractivity contribution in [2.75, 3.05) is 0 Å². The Labute approximate surface area is 115 Å². The van der Waals surface area contributed by atoms with Crippen LogP contribution in [0.15, 0.2) is 42.6 Å². The Morgan fingerprint density at radius 2 is 2.05 bits per heavy atom. The third kappa shape index (κ3) is 4.65. The quantitative estimate of drug-likeness (QED) is 0.847. The van der Waals surface area contributed by atoms with Gasteiger partial charge >= 0.3 is 7.60 Å². The van der Waals surface area contributed by atoms with E-state index < -0.39 is 7.60 Å². The predicted octanol–water partition coefficient (Wildman–Crippen LogP) is 3.21. The molecule has 0 saturated carbocycles. The van der Waals surface area contributed by atoms with Crippen LogP contribution in [-0.4, -0.2) is 14.8 Å². The maximum Gasteiger partial charge on any atom is 0.329 e. The van der Waals surface area contributed by atoms with Crippen LogP contribution in [0.3, 0.4) is 0 Å². The van der Waals surface area contributed by atoms with Crippen molar-refractivity contribution in [2.24, 2.45) is 0 Å². The summed E-state index contributed by atoms with van der Waals surface area (Å²) in [4.78, 5) is 21.8. The van der Waals surface area contributed by atoms with E-state index in [1.54, 1.807) is 36.4 Å². The summed E-state index contributed by atoms with van der Waals surface area (Å²) >= 11 is 5.71. The zero-order valence-corrected chi connectivity index (χ0v) is 11.4. The van der Waals surface area contributed by atoms with Gasteiger partial charge < -0.3 is 14.5 Å². The van der Waals surface area contributed by atoms with Crippen molar-refractivity contribution in [2.45, 2.75) is 6.16 Å². The molecule has 7 heteroatoms. The average Bonchev–Trinajstić information content (AvgIpc) is 2.30. The average molecular weight is 300 g/mol. The van der Waals surface area contributed by atoms with Crippen molar-refractivity contribution < 1.29 is 19.1 Å². The van der Waals surface area contributed by atoms with Gasteiger partial charge in [0.2, 0.25) is 5.88 Å². The number of nitrogens with zero attached hydrogens (tertiary/aromatic N) is 1. The summed E-state index contributed by atoms with van der Waals surface area (Å²) in [5, 5.41) is 0.502. The second-order valence-corrected chi connectivity index (χ2v) is 5.97. The highest BCUT2D eigenvalue weighted by Crippen LogP contribution is 2.39. The molecule has 2 N–H and O–H groups in total. The third-order valence-electron chi connectivity index (χ3n) is 2.21. The molecule has 100 valence electrons. The van der Waals surface area contributed by atoms with Crippen molar-refractivity contribution >= 4 is 19.2 Å². The maximum atomic E-state index is 10.9. The summed E-state index contributed by atoms with van der Waals surface area (Å²) in [7, 11) is -4.09. The van der Waals surface area contributed by atoms with Crippen LogP contribution in [0.1, 0.15) is 5.56 Å². The fraction of sp³-hybridized carbons (Fsp3) is 0.0833. The standard InChI is InChI=1S/C12H11ClNO4P/c13-10-4-5-12(14-7-10)18-11-3-1-2-9(6-11)8-19(15,16)17/h1-7H,8H2,(H2,15,16,17). The fourth-order valence-corrected chi connectivity index (χ4v) is 2.27. The first-order chi connectivity index (χ1) is 8.92. The van der Waals surface area contributed by atoms with E-state index in [1.165, 1.54) is 6.20 Å². The highest BCUT2D eigenvalue weighted by atomic mass is 35.5. The molecule has 1 heterocycles. The van der Waals surface area contributed by atoms with Crippen molar-refractivity contribution in [3.05, 3.63) is 53.2 Å². The molecule has 1 aromatic heterocycles. The highest BCUT2D eigenvalue weighted by Gasteiger charge is 2.14. The van der Waals surface area contributed by atoms with Crippen LogP contribution in [0.25, 0.3) is 0 Å². The summed E-state index contributed by atoms with van der Waals surface area (Å²) in [5.41, 5.74) is 0.500. The smallest absolute Gasteiger partial charge is 0.329 e. The Morgan fingerprint density at radius 1 is 1.26 bits per heavy atom. The van der Waals surface area contributed by atoms with E-state index in [9.17, 15) is 4.57 Å². The second-order valence-electron chi connectivity index (χ2n) is 3.89. The van der Waals surface area contributed by atoms with Crippen molar-refractivity contribution in [3.8, 4) is 11.6 Å². The topological polar surface area (TPSA) is 79.7 Å². The van der Waals surface area contributed by atoms with E-state index in [4.69, 9.17) is 26.1 Å². The van der Waals surface area contributed by atoms with Gasteiger partial charge in [-0.1, -0.05) is 23.7 Å². The molecule has 0 saturated heterocycles. The lowest BCUT2D eigenvalue weighted by Gasteiger charge is -2.07. The first kappa shape index (κ1) is 14.0. The van der Waals surface area contributed by atoms with Gasteiger partial charge in [-0.25, -0.2) is 4.98 Å². The molecule has 2 aromatic rings. The van der Waals surface area contributed by atoms with Crippen LogP contribution in [0, 0.1) is 0 Å². The van der Waals surface area contributed by atoms with Gasteiger partial charge in [-0.3, -0.25) is 4.57 Å². The lowest BCUT2D eigenvalue weighted by molar-refractivity contribution is 0.371. The first-order valence-corrected chi connectivity index (χ1v) is 7.53. The molecular weight excluding hydrogens is 289 g/mol. The zero-order valence-electron chi connectivity index (χ0n) is 9.73. The summed E-state index contributed by atoms with van der Waals surface area (Å²) in [6, 6.07) is 9.79. The number of aromatic nitrogens is 1. The summed E-state index contributed by atoms with van der Waals surface area (Å²) in [6.45, 7) is 0. The Hall–Kier alpha value is -1.39. The monoisotopic (exact) mass is 299 g/mol. The molecule has 0 bridgehead atoms. The molecule has 0 aliphatic carbocycles. The van der Waals surface area contributed by atoms with Gasteiger partial charge in [-0.15, -0.1) is 0 Å². The fourth-order valence-electron chi connectivity index (χ4n) is 1.49. The van der Waals surface area contributed by atoms with E-state index in [1.807, 2.05) is 0 Å². The van der Waals surface area contributed by atoms with Crippen molar-refractivity contribution in [1.29, 1.82) is 0 Å². The lowest BCUT2D eigenvalue weighted by atomic mass is 10.2. The van der Waals surface area contributed by atoms with Crippen LogP contribution >= 0.6 is 19.2 Å². The Bertz CT molecular complexity index is 611. The molecule has 1 aromatic carbocycles. The second kappa shape index (κ2) is 5.72. The molecule has 0 spiro atoms. The van der Waals surface area contributed by atoms with Gasteiger partial charge in [-0.05, 0) is 23.8 Å². The predicted molar refractivity (Wildman–Crippen MR) is 71.5 cm³/mol. The van der Waals surface area contributed by atoms with Crippen LogP contribution in [-0.2, 0) is 10.7 Å². The first-order valence-electron chi connectivity index (χ1n) is 5.35. The minimum absolute atomic E-state index is 0.321. The molecular formula is C12H11ClNO4P. The van der Waals surface area contributed by atoms with Crippen molar-refractivity contribution in [3.63, 3.8) is 0 Å². The molecule has 0 unspecified atom stereocenters. The molecule has 2 rings (SSSR count). The Balaban J connectivity index is 2.15. The van der Waals surface area contributed by atoms with Crippen molar-refractivity contribution in [1.82, 2.24) is 4.98 Å². The lowest BCUT2D eigenvalue weighted by Crippen LogP contribution is -1.90. The summed E-state index contributed by atoms with van der Waals surface area (Å²) < 4.78 is 16.4. The van der Waals surface area contributed by atoms with E-state index >= 15 is 0 Å². The van der Waals surface area contributed by atoms with E-state index in [2.05, 4.69) is 4.98 Å². The van der Waals surface area contributed by atoms with Crippen LogP contribution in [0.2, 0.25) is 5.02 Å². The molecule has 0 aliphatic heterocycles. The molecule has 0 radical (unpaired) electrons. The van der Waals surface area contributed by atoms with Gasteiger partial charge in [0.15, 0.2) is 0 Å². The van der Waals surface area contributed by atoms with Gasteiger partial charge in [0.1, 0.15) is 5.75 Å². The summed E-state index contributed by atoms with van der Waals surface area (Å²) in [5.74, 6) is 0.818. The molecule has 5 nitrogen and oxygen atoms in total. The maximum absolute atomic E-state index is 10.9. The minimum Gasteiger partial charge on any atom is -0.439 e. The van der Waals surface area contributed by atoms with Crippen LogP contribution < -0.4 is 4.74 Å². The molecule has 0 amide bonds. The Kier molecular flexibility index (Phi) is 4.22. The summed E-state index contributed by atoms with van der Waals surface area (Å²) in [6.07, 6.45) is 1.13. The number of hydrogen-bond acceptors (Lipinski definition) is 3. The van der Waals surface area contributed by atoms with Gasteiger partial charge in [0.05, 0.1) is 11.2 Å². The number of ether oxygens (including phenoxy) is 1. The molecule has 19 heavy (non-hydrogen) atoms. The van der Waals surface area contributed by atoms with E-state index in [0.29, 0.717) is 22.2 Å². The van der Waals surface area contributed by atoms with Gasteiger partial charge in [0, 0.05) is 12.3 Å². The number of halogens is 1. The molecule has 0 aliphatic rings. The molecule has 0 fully saturated rings. The normalized spacial score (nSPS) is 11.3. The number of benzene rings is 1. The van der Waals surface area contributed by atoms with E-state index in [0.717, 1.165) is 0 Å².